The monoisotopic (exact) mass is 586 g/mol. The maximum atomic E-state index is 14.6. The standard InChI is InChI=1S/C28H29ClF2N6O4/c1-35-21(19-5-6-22(41-2)24(31)23(19)30)14-33-25(35)26(38)34-17-3-4-18(20(29)13-17)28(40)37-9-7-36(8-10-37)27(39)15-11-16(32)12-15/h3-6,13-16H,7-12,32H2,1-2H3,(H,34,38)/t15-,16-. The van der Waals surface area contributed by atoms with Crippen LogP contribution >= 0.6 is 11.6 Å². The highest BCUT2D eigenvalue weighted by atomic mass is 35.5. The molecule has 0 atom stereocenters. The summed E-state index contributed by atoms with van der Waals surface area (Å²) in [4.78, 5) is 46.1. The fraction of sp³-hybridized carbons (Fsp3) is 0.357. The molecule has 2 fully saturated rings. The highest BCUT2D eigenvalue weighted by Crippen LogP contribution is 2.31. The van der Waals surface area contributed by atoms with Gasteiger partial charge in [0, 0.05) is 56.4 Å². The molecule has 2 heterocycles. The highest BCUT2D eigenvalue weighted by Gasteiger charge is 2.36. The Bertz CT molecular complexity index is 1520. The molecular formula is C28H29ClF2N6O4. The SMILES string of the molecule is COc1ccc(-c2cnc(C(=O)Nc3ccc(C(=O)N4CCN(C(=O)[C@H]5C[C@H](N)C5)CC4)c(Cl)c3)n2C)c(F)c1F. The van der Waals surface area contributed by atoms with Crippen molar-refractivity contribution < 1.29 is 27.9 Å². The molecule has 1 aliphatic heterocycles. The second-order valence-corrected chi connectivity index (χ2v) is 10.6. The van der Waals surface area contributed by atoms with Crippen molar-refractivity contribution in [3.8, 4) is 17.0 Å². The Balaban J connectivity index is 1.23. The van der Waals surface area contributed by atoms with Crippen LogP contribution in [-0.4, -0.2) is 76.4 Å². The Morgan fingerprint density at radius 2 is 1.73 bits per heavy atom. The van der Waals surface area contributed by atoms with Crippen LogP contribution in [0.15, 0.2) is 36.5 Å². The summed E-state index contributed by atoms with van der Waals surface area (Å²) in [6.07, 6.45) is 2.68. The first kappa shape index (κ1) is 28.5. The number of ether oxygens (including phenoxy) is 1. The number of nitrogens with zero attached hydrogens (tertiary/aromatic N) is 4. The van der Waals surface area contributed by atoms with Crippen molar-refractivity contribution in [1.82, 2.24) is 19.4 Å². The summed E-state index contributed by atoms with van der Waals surface area (Å²) >= 11 is 6.42. The van der Waals surface area contributed by atoms with E-state index in [9.17, 15) is 23.2 Å². The van der Waals surface area contributed by atoms with Crippen LogP contribution in [0.2, 0.25) is 5.02 Å². The predicted molar refractivity (Wildman–Crippen MR) is 148 cm³/mol. The first-order chi connectivity index (χ1) is 19.6. The number of benzene rings is 2. The molecule has 2 aromatic carbocycles. The largest absolute Gasteiger partial charge is 0.494 e. The lowest BCUT2D eigenvalue weighted by Crippen LogP contribution is -2.54. The average molecular weight is 587 g/mol. The fourth-order valence-electron chi connectivity index (χ4n) is 5.13. The highest BCUT2D eigenvalue weighted by molar-refractivity contribution is 6.34. The minimum Gasteiger partial charge on any atom is -0.494 e. The van der Waals surface area contributed by atoms with Gasteiger partial charge in [0.05, 0.1) is 29.6 Å². The number of anilines is 1. The molecule has 0 unspecified atom stereocenters. The summed E-state index contributed by atoms with van der Waals surface area (Å²) in [6, 6.07) is 7.24. The molecule has 41 heavy (non-hydrogen) atoms. The lowest BCUT2D eigenvalue weighted by atomic mass is 9.80. The number of halogens is 3. The van der Waals surface area contributed by atoms with Crippen molar-refractivity contribution >= 4 is 35.0 Å². The van der Waals surface area contributed by atoms with Crippen molar-refractivity contribution in [2.24, 2.45) is 18.7 Å². The number of rotatable bonds is 6. The number of imidazole rings is 1. The lowest BCUT2D eigenvalue weighted by molar-refractivity contribution is -0.140. The molecule has 1 saturated carbocycles. The van der Waals surface area contributed by atoms with Gasteiger partial charge in [-0.15, -0.1) is 0 Å². The number of hydrogen-bond donors (Lipinski definition) is 2. The molecule has 3 amide bonds. The average Bonchev–Trinajstić information content (AvgIpc) is 3.33. The Labute approximate surface area is 240 Å². The van der Waals surface area contributed by atoms with Crippen LogP contribution in [0, 0.1) is 17.6 Å². The van der Waals surface area contributed by atoms with Crippen LogP contribution in [0.3, 0.4) is 0 Å². The van der Waals surface area contributed by atoms with Gasteiger partial charge in [0.2, 0.25) is 11.7 Å². The summed E-state index contributed by atoms with van der Waals surface area (Å²) in [6.45, 7) is 1.66. The van der Waals surface area contributed by atoms with Gasteiger partial charge >= 0.3 is 0 Å². The third-order valence-electron chi connectivity index (χ3n) is 7.59. The minimum absolute atomic E-state index is 0.0200. The minimum atomic E-state index is -1.14. The molecule has 1 aromatic heterocycles. The third-order valence-corrected chi connectivity index (χ3v) is 7.91. The molecule has 2 aliphatic rings. The fourth-order valence-corrected chi connectivity index (χ4v) is 5.39. The van der Waals surface area contributed by atoms with Crippen molar-refractivity contribution in [3.05, 3.63) is 64.6 Å². The number of carbonyl (C=O) groups is 3. The van der Waals surface area contributed by atoms with Gasteiger partial charge < -0.3 is 30.2 Å². The van der Waals surface area contributed by atoms with Gasteiger partial charge in [-0.2, -0.15) is 4.39 Å². The van der Waals surface area contributed by atoms with E-state index in [2.05, 4.69) is 10.3 Å². The second kappa shape index (κ2) is 11.5. The van der Waals surface area contributed by atoms with Crippen LogP contribution in [0.1, 0.15) is 33.8 Å². The number of amides is 3. The van der Waals surface area contributed by atoms with Crippen LogP contribution in [0.5, 0.6) is 5.75 Å². The molecule has 1 aliphatic carbocycles. The molecule has 0 spiro atoms. The second-order valence-electron chi connectivity index (χ2n) is 10.2. The van der Waals surface area contributed by atoms with Gasteiger partial charge in [-0.3, -0.25) is 14.4 Å². The van der Waals surface area contributed by atoms with Gasteiger partial charge in [-0.25, -0.2) is 9.37 Å². The summed E-state index contributed by atoms with van der Waals surface area (Å²) in [5.41, 5.74) is 6.49. The smallest absolute Gasteiger partial charge is 0.291 e. The summed E-state index contributed by atoms with van der Waals surface area (Å²) in [5, 5.41) is 2.81. The number of hydrogen-bond acceptors (Lipinski definition) is 6. The maximum absolute atomic E-state index is 14.6. The summed E-state index contributed by atoms with van der Waals surface area (Å²) in [5.74, 6) is -3.37. The van der Waals surface area contributed by atoms with E-state index in [1.807, 2.05) is 0 Å². The van der Waals surface area contributed by atoms with E-state index in [1.54, 1.807) is 15.9 Å². The van der Waals surface area contributed by atoms with Gasteiger partial charge in [0.25, 0.3) is 11.8 Å². The molecule has 0 bridgehead atoms. The molecule has 10 nitrogen and oxygen atoms in total. The van der Waals surface area contributed by atoms with Crippen LogP contribution in [0.25, 0.3) is 11.3 Å². The maximum Gasteiger partial charge on any atom is 0.291 e. The van der Waals surface area contributed by atoms with Gasteiger partial charge in [0.15, 0.2) is 17.4 Å². The van der Waals surface area contributed by atoms with E-state index in [0.717, 1.165) is 0 Å². The topological polar surface area (TPSA) is 123 Å². The number of piperazine rings is 1. The van der Waals surface area contributed by atoms with Crippen LogP contribution < -0.4 is 15.8 Å². The Morgan fingerprint density at radius 1 is 1.05 bits per heavy atom. The first-order valence-electron chi connectivity index (χ1n) is 13.1. The van der Waals surface area contributed by atoms with E-state index in [1.165, 1.54) is 49.2 Å². The Kier molecular flexibility index (Phi) is 7.96. The normalized spacial score (nSPS) is 18.6. The molecule has 3 aromatic rings. The van der Waals surface area contributed by atoms with Crippen molar-refractivity contribution in [2.45, 2.75) is 18.9 Å². The zero-order valence-electron chi connectivity index (χ0n) is 22.5. The van der Waals surface area contributed by atoms with E-state index < -0.39 is 17.5 Å². The zero-order valence-corrected chi connectivity index (χ0v) is 23.3. The van der Waals surface area contributed by atoms with Crippen molar-refractivity contribution in [3.63, 3.8) is 0 Å². The van der Waals surface area contributed by atoms with Gasteiger partial charge in [0.1, 0.15) is 0 Å². The molecule has 5 rings (SSSR count). The predicted octanol–water partition coefficient (Wildman–Crippen LogP) is 3.30. The van der Waals surface area contributed by atoms with Crippen molar-refractivity contribution in [2.75, 3.05) is 38.6 Å². The third kappa shape index (κ3) is 5.49. The van der Waals surface area contributed by atoms with E-state index in [4.69, 9.17) is 22.1 Å². The molecular weight excluding hydrogens is 558 g/mol. The van der Waals surface area contributed by atoms with E-state index in [0.29, 0.717) is 44.7 Å². The molecule has 1 saturated heterocycles. The molecule has 0 radical (unpaired) electrons. The van der Waals surface area contributed by atoms with Crippen molar-refractivity contribution in [1.29, 1.82) is 0 Å². The first-order valence-corrected chi connectivity index (χ1v) is 13.5. The number of carbonyl (C=O) groups excluding carboxylic acids is 3. The van der Waals surface area contributed by atoms with E-state index >= 15 is 0 Å². The summed E-state index contributed by atoms with van der Waals surface area (Å²) < 4.78 is 35.0. The quantitative estimate of drug-likeness (QED) is 0.457. The van der Waals surface area contributed by atoms with E-state index in [-0.39, 0.29) is 57.2 Å². The number of aromatic nitrogens is 2. The Hall–Kier alpha value is -4.03. The molecule has 13 heteroatoms. The number of nitrogens with one attached hydrogen (secondary N) is 1. The number of nitrogens with two attached hydrogens (primary N) is 1. The zero-order chi connectivity index (χ0) is 29.4. The Morgan fingerprint density at radius 3 is 2.37 bits per heavy atom. The van der Waals surface area contributed by atoms with Gasteiger partial charge in [-0.05, 0) is 43.2 Å². The summed E-state index contributed by atoms with van der Waals surface area (Å²) in [7, 11) is 2.73. The molecule has 216 valence electrons. The molecule has 3 N–H and O–H groups in total. The van der Waals surface area contributed by atoms with Crippen LogP contribution in [0.4, 0.5) is 14.5 Å². The van der Waals surface area contributed by atoms with Crippen LogP contribution in [-0.2, 0) is 11.8 Å². The number of methoxy groups -OCH3 is 1. The lowest BCUT2D eigenvalue weighted by Gasteiger charge is -2.40. The van der Waals surface area contributed by atoms with Gasteiger partial charge in [-0.1, -0.05) is 11.6 Å².